The molecule has 100 valence electrons. The molecule has 0 aliphatic carbocycles. The Morgan fingerprint density at radius 2 is 1.83 bits per heavy atom. The highest BCUT2D eigenvalue weighted by atomic mass is 127. The smallest absolute Gasteiger partial charge is 0.410 e. The first-order valence-corrected chi connectivity index (χ1v) is 7.12. The molecule has 0 bridgehead atoms. The number of hydrogen-bond donors (Lipinski definition) is 0. The van der Waals surface area contributed by atoms with Crippen molar-refractivity contribution in [2.45, 2.75) is 39.8 Å². The first-order chi connectivity index (χ1) is 8.31. The molecule has 0 spiro atoms. The Morgan fingerprint density at radius 3 is 2.28 bits per heavy atom. The van der Waals surface area contributed by atoms with Gasteiger partial charge >= 0.3 is 6.09 Å². The van der Waals surface area contributed by atoms with Crippen LogP contribution in [-0.2, 0) is 11.3 Å². The summed E-state index contributed by atoms with van der Waals surface area (Å²) in [6, 6.07) is 8.15. The van der Waals surface area contributed by atoms with Crippen LogP contribution in [0.3, 0.4) is 0 Å². The first kappa shape index (κ1) is 15.3. The van der Waals surface area contributed by atoms with E-state index in [1.54, 1.807) is 4.90 Å². The van der Waals surface area contributed by atoms with Crippen LogP contribution >= 0.6 is 22.6 Å². The number of carbonyl (C=O) groups excluding carboxylic acids is 1. The molecule has 0 saturated heterocycles. The van der Waals surface area contributed by atoms with Gasteiger partial charge in [0.1, 0.15) is 5.60 Å². The van der Waals surface area contributed by atoms with E-state index in [0.29, 0.717) is 13.1 Å². The summed E-state index contributed by atoms with van der Waals surface area (Å²) < 4.78 is 6.56. The number of carbonyl (C=O) groups is 1. The van der Waals surface area contributed by atoms with E-state index in [0.717, 1.165) is 5.56 Å². The van der Waals surface area contributed by atoms with E-state index in [1.807, 2.05) is 52.0 Å². The minimum absolute atomic E-state index is 0.261. The number of ether oxygens (including phenoxy) is 1. The Labute approximate surface area is 123 Å². The van der Waals surface area contributed by atoms with Gasteiger partial charge in [0.15, 0.2) is 0 Å². The lowest BCUT2D eigenvalue weighted by Crippen LogP contribution is -2.36. The molecule has 1 rings (SSSR count). The van der Waals surface area contributed by atoms with Crippen LogP contribution in [0, 0.1) is 3.57 Å². The zero-order chi connectivity index (χ0) is 13.8. The average Bonchev–Trinajstić information content (AvgIpc) is 2.25. The van der Waals surface area contributed by atoms with E-state index >= 15 is 0 Å². The molecule has 0 heterocycles. The van der Waals surface area contributed by atoms with Crippen molar-refractivity contribution in [3.05, 3.63) is 33.4 Å². The number of benzene rings is 1. The molecule has 1 amide bonds. The van der Waals surface area contributed by atoms with Crippen LogP contribution in [0.1, 0.15) is 33.3 Å². The molecule has 3 nitrogen and oxygen atoms in total. The lowest BCUT2D eigenvalue weighted by molar-refractivity contribution is 0.0244. The maximum atomic E-state index is 12.0. The summed E-state index contributed by atoms with van der Waals surface area (Å²) in [5, 5.41) is 0. The van der Waals surface area contributed by atoms with Crippen LogP contribution in [-0.4, -0.2) is 23.1 Å². The molecule has 0 aromatic heterocycles. The van der Waals surface area contributed by atoms with Crippen LogP contribution in [0.4, 0.5) is 4.79 Å². The highest BCUT2D eigenvalue weighted by Crippen LogP contribution is 2.13. The number of rotatable bonds is 3. The summed E-state index contributed by atoms with van der Waals surface area (Å²) in [6.45, 7) is 8.82. The van der Waals surface area contributed by atoms with Gasteiger partial charge in [-0.1, -0.05) is 12.1 Å². The molecule has 0 fully saturated rings. The van der Waals surface area contributed by atoms with Gasteiger partial charge in [-0.25, -0.2) is 4.79 Å². The van der Waals surface area contributed by atoms with E-state index in [-0.39, 0.29) is 6.09 Å². The third-order valence-corrected chi connectivity index (χ3v) is 3.04. The molecular formula is C14H20INO2. The summed E-state index contributed by atoms with van der Waals surface area (Å²) in [4.78, 5) is 13.7. The van der Waals surface area contributed by atoms with Crippen molar-refractivity contribution in [3.8, 4) is 0 Å². The highest BCUT2D eigenvalue weighted by Gasteiger charge is 2.20. The summed E-state index contributed by atoms with van der Waals surface area (Å²) in [7, 11) is 0. The second-order valence-corrected chi connectivity index (χ2v) is 6.37. The number of halogens is 1. The van der Waals surface area contributed by atoms with Crippen LogP contribution < -0.4 is 0 Å². The zero-order valence-corrected chi connectivity index (χ0v) is 13.5. The fraction of sp³-hybridized carbons (Fsp3) is 0.500. The van der Waals surface area contributed by atoms with Gasteiger partial charge in [0, 0.05) is 16.7 Å². The SMILES string of the molecule is CCN(Cc1ccc(I)cc1)C(=O)OC(C)(C)C. The molecule has 1 aromatic rings. The number of amides is 1. The first-order valence-electron chi connectivity index (χ1n) is 6.04. The standard InChI is InChI=1S/C14H20INO2/c1-5-16(13(17)18-14(2,3)4)10-11-6-8-12(15)9-7-11/h6-9H,5,10H2,1-4H3. The van der Waals surface area contributed by atoms with Crippen LogP contribution in [0.2, 0.25) is 0 Å². The third-order valence-electron chi connectivity index (χ3n) is 2.32. The van der Waals surface area contributed by atoms with Crippen LogP contribution in [0.5, 0.6) is 0 Å². The van der Waals surface area contributed by atoms with Gasteiger partial charge in [0.25, 0.3) is 0 Å². The third kappa shape index (κ3) is 5.25. The maximum absolute atomic E-state index is 12.0. The lowest BCUT2D eigenvalue weighted by atomic mass is 10.2. The van der Waals surface area contributed by atoms with E-state index in [9.17, 15) is 4.79 Å². The summed E-state index contributed by atoms with van der Waals surface area (Å²) in [6.07, 6.45) is -0.261. The van der Waals surface area contributed by atoms with Crippen molar-refractivity contribution in [1.82, 2.24) is 4.90 Å². The van der Waals surface area contributed by atoms with Crippen molar-refractivity contribution in [2.75, 3.05) is 6.54 Å². The van der Waals surface area contributed by atoms with E-state index < -0.39 is 5.60 Å². The summed E-state index contributed by atoms with van der Waals surface area (Å²) in [5.74, 6) is 0. The molecule has 18 heavy (non-hydrogen) atoms. The Hall–Kier alpha value is -0.780. The molecule has 0 radical (unpaired) electrons. The molecule has 0 aliphatic heterocycles. The predicted octanol–water partition coefficient (Wildman–Crippen LogP) is 4.05. The van der Waals surface area contributed by atoms with Crippen molar-refractivity contribution in [1.29, 1.82) is 0 Å². The van der Waals surface area contributed by atoms with Crippen molar-refractivity contribution >= 4 is 28.7 Å². The van der Waals surface area contributed by atoms with E-state index in [1.165, 1.54) is 3.57 Å². The van der Waals surface area contributed by atoms with Gasteiger partial charge in [-0.05, 0) is 68.0 Å². The van der Waals surface area contributed by atoms with Crippen LogP contribution in [0.15, 0.2) is 24.3 Å². The molecular weight excluding hydrogens is 341 g/mol. The Kier molecular flexibility index (Phi) is 5.44. The van der Waals surface area contributed by atoms with Crippen molar-refractivity contribution < 1.29 is 9.53 Å². The molecule has 0 saturated carbocycles. The Balaban J connectivity index is 2.67. The second kappa shape index (κ2) is 6.41. The summed E-state index contributed by atoms with van der Waals surface area (Å²) >= 11 is 2.27. The van der Waals surface area contributed by atoms with E-state index in [4.69, 9.17) is 4.74 Å². The molecule has 0 unspecified atom stereocenters. The molecule has 0 N–H and O–H groups in total. The Bertz CT molecular complexity index is 395. The Morgan fingerprint density at radius 1 is 1.28 bits per heavy atom. The van der Waals surface area contributed by atoms with E-state index in [2.05, 4.69) is 22.6 Å². The maximum Gasteiger partial charge on any atom is 0.410 e. The van der Waals surface area contributed by atoms with Gasteiger partial charge in [-0.2, -0.15) is 0 Å². The zero-order valence-electron chi connectivity index (χ0n) is 11.4. The fourth-order valence-corrected chi connectivity index (χ4v) is 1.80. The van der Waals surface area contributed by atoms with Crippen molar-refractivity contribution in [2.24, 2.45) is 0 Å². The monoisotopic (exact) mass is 361 g/mol. The molecule has 4 heteroatoms. The number of nitrogens with zero attached hydrogens (tertiary/aromatic N) is 1. The van der Waals surface area contributed by atoms with Gasteiger partial charge < -0.3 is 9.64 Å². The quantitative estimate of drug-likeness (QED) is 0.761. The molecule has 0 aliphatic rings. The largest absolute Gasteiger partial charge is 0.444 e. The lowest BCUT2D eigenvalue weighted by Gasteiger charge is -2.26. The number of hydrogen-bond acceptors (Lipinski definition) is 2. The molecule has 0 atom stereocenters. The highest BCUT2D eigenvalue weighted by molar-refractivity contribution is 14.1. The second-order valence-electron chi connectivity index (χ2n) is 5.12. The van der Waals surface area contributed by atoms with Gasteiger partial charge in [-0.3, -0.25) is 0 Å². The fourth-order valence-electron chi connectivity index (χ4n) is 1.44. The van der Waals surface area contributed by atoms with Crippen LogP contribution in [0.25, 0.3) is 0 Å². The average molecular weight is 361 g/mol. The minimum atomic E-state index is -0.448. The normalized spacial score (nSPS) is 11.2. The topological polar surface area (TPSA) is 29.5 Å². The van der Waals surface area contributed by atoms with Crippen molar-refractivity contribution in [3.63, 3.8) is 0 Å². The van der Waals surface area contributed by atoms with Gasteiger partial charge in [-0.15, -0.1) is 0 Å². The predicted molar refractivity (Wildman–Crippen MR) is 81.5 cm³/mol. The van der Waals surface area contributed by atoms with Gasteiger partial charge in [0.05, 0.1) is 0 Å². The molecule has 1 aromatic carbocycles. The minimum Gasteiger partial charge on any atom is -0.444 e. The van der Waals surface area contributed by atoms with Gasteiger partial charge in [0.2, 0.25) is 0 Å². The summed E-state index contributed by atoms with van der Waals surface area (Å²) in [5.41, 5.74) is 0.666.